The third-order valence-corrected chi connectivity index (χ3v) is 4.84. The van der Waals surface area contributed by atoms with Crippen LogP contribution in [-0.2, 0) is 25.9 Å². The summed E-state index contributed by atoms with van der Waals surface area (Å²) in [6.07, 6.45) is 3.66. The normalized spacial score (nSPS) is 13.7. The second-order valence-electron chi connectivity index (χ2n) is 5.10. The Morgan fingerprint density at radius 1 is 1.19 bits per heavy atom. The number of hydrogen-bond donors (Lipinski definition) is 1. The third-order valence-electron chi connectivity index (χ3n) is 3.60. The molecule has 3 rings (SSSR count). The number of rotatable bonds is 6. The fraction of sp³-hybridized carbons (Fsp3) is 0.375. The second kappa shape index (κ2) is 6.54. The van der Waals surface area contributed by atoms with Gasteiger partial charge in [0.25, 0.3) is 0 Å². The van der Waals surface area contributed by atoms with Crippen molar-refractivity contribution < 1.29 is 13.5 Å². The maximum atomic E-state index is 12.3. The molecule has 1 aromatic heterocycles. The van der Waals surface area contributed by atoms with Crippen molar-refractivity contribution in [2.75, 3.05) is 0 Å². The van der Waals surface area contributed by atoms with Gasteiger partial charge in [-0.05, 0) is 37.0 Å². The maximum Gasteiger partial charge on any atom is 0.387 e. The number of aryl methyl sites for hydroxylation is 2. The number of benzene rings is 1. The molecule has 112 valence electrons. The predicted octanol–water partition coefficient (Wildman–Crippen LogP) is 4.13. The minimum absolute atomic E-state index is 0.244. The second-order valence-corrected chi connectivity index (χ2v) is 6.33. The van der Waals surface area contributed by atoms with E-state index in [9.17, 15) is 8.78 Å². The zero-order chi connectivity index (χ0) is 14.7. The van der Waals surface area contributed by atoms with Crippen molar-refractivity contribution in [2.45, 2.75) is 39.0 Å². The van der Waals surface area contributed by atoms with Gasteiger partial charge < -0.3 is 10.1 Å². The van der Waals surface area contributed by atoms with Crippen molar-refractivity contribution in [1.29, 1.82) is 0 Å². The zero-order valence-electron chi connectivity index (χ0n) is 11.6. The van der Waals surface area contributed by atoms with Gasteiger partial charge >= 0.3 is 6.61 Å². The highest BCUT2D eigenvalue weighted by molar-refractivity contribution is 7.12. The summed E-state index contributed by atoms with van der Waals surface area (Å²) in [4.78, 5) is 2.82. The van der Waals surface area contributed by atoms with E-state index < -0.39 is 6.61 Å². The lowest BCUT2D eigenvalue weighted by atomic mass is 10.2. The molecule has 0 aliphatic heterocycles. The molecule has 0 saturated carbocycles. The van der Waals surface area contributed by atoms with Gasteiger partial charge in [0.15, 0.2) is 0 Å². The molecule has 0 spiro atoms. The Morgan fingerprint density at radius 3 is 2.86 bits per heavy atom. The fourth-order valence-corrected chi connectivity index (χ4v) is 3.89. The average molecular weight is 309 g/mol. The molecular formula is C16H17F2NOS. The zero-order valence-corrected chi connectivity index (χ0v) is 12.4. The van der Waals surface area contributed by atoms with Crippen LogP contribution in [0.15, 0.2) is 30.3 Å². The molecule has 2 aromatic rings. The molecular weight excluding hydrogens is 292 g/mol. The minimum atomic E-state index is -2.79. The van der Waals surface area contributed by atoms with Crippen LogP contribution < -0.4 is 10.1 Å². The van der Waals surface area contributed by atoms with Gasteiger partial charge in [0, 0.05) is 28.4 Å². The van der Waals surface area contributed by atoms with E-state index in [1.54, 1.807) is 18.2 Å². The Hall–Kier alpha value is -1.46. The van der Waals surface area contributed by atoms with Gasteiger partial charge in [0.1, 0.15) is 5.75 Å². The molecule has 0 bridgehead atoms. The third kappa shape index (κ3) is 3.60. The summed E-state index contributed by atoms with van der Waals surface area (Å²) >= 11 is 1.86. The van der Waals surface area contributed by atoms with E-state index in [0.29, 0.717) is 6.54 Å². The van der Waals surface area contributed by atoms with Gasteiger partial charge in [-0.15, -0.1) is 11.3 Å². The van der Waals surface area contributed by atoms with Crippen LogP contribution in [0.2, 0.25) is 0 Å². The topological polar surface area (TPSA) is 21.3 Å². The number of para-hydroxylation sites is 1. The highest BCUT2D eigenvalue weighted by atomic mass is 32.1. The molecule has 0 atom stereocenters. The maximum absolute atomic E-state index is 12.3. The summed E-state index contributed by atoms with van der Waals surface area (Å²) in [5, 5.41) is 3.31. The number of nitrogens with one attached hydrogen (secondary N) is 1. The molecule has 1 aromatic carbocycles. The van der Waals surface area contributed by atoms with Crippen molar-refractivity contribution in [3.05, 3.63) is 51.2 Å². The van der Waals surface area contributed by atoms with Crippen LogP contribution >= 0.6 is 11.3 Å². The number of thiophene rings is 1. The van der Waals surface area contributed by atoms with Crippen LogP contribution in [0.4, 0.5) is 8.78 Å². The number of alkyl halides is 2. The number of fused-ring (bicyclic) bond motifs is 1. The van der Waals surface area contributed by atoms with E-state index in [1.165, 1.54) is 34.6 Å². The lowest BCUT2D eigenvalue weighted by Crippen LogP contribution is -2.13. The Kier molecular flexibility index (Phi) is 4.51. The smallest absolute Gasteiger partial charge is 0.387 e. The van der Waals surface area contributed by atoms with Crippen LogP contribution in [0.5, 0.6) is 5.75 Å². The highest BCUT2D eigenvalue weighted by Gasteiger charge is 2.14. The lowest BCUT2D eigenvalue weighted by Gasteiger charge is -2.11. The van der Waals surface area contributed by atoms with E-state index >= 15 is 0 Å². The van der Waals surface area contributed by atoms with Gasteiger partial charge in [-0.3, -0.25) is 0 Å². The average Bonchev–Trinajstić information content (AvgIpc) is 3.01. The molecule has 1 aliphatic rings. The van der Waals surface area contributed by atoms with Gasteiger partial charge in [-0.25, -0.2) is 0 Å². The van der Waals surface area contributed by atoms with Crippen molar-refractivity contribution in [1.82, 2.24) is 5.32 Å². The van der Waals surface area contributed by atoms with Crippen molar-refractivity contribution in [3.8, 4) is 5.75 Å². The van der Waals surface area contributed by atoms with Gasteiger partial charge in [0.2, 0.25) is 0 Å². The molecule has 1 aliphatic carbocycles. The SMILES string of the molecule is FC(F)Oc1ccccc1CNCc1cc2c(s1)CCC2. The molecule has 0 fully saturated rings. The molecule has 0 unspecified atom stereocenters. The van der Waals surface area contributed by atoms with E-state index in [2.05, 4.69) is 16.1 Å². The summed E-state index contributed by atoms with van der Waals surface area (Å²) in [5.74, 6) is 0.244. The van der Waals surface area contributed by atoms with E-state index in [1.807, 2.05) is 17.4 Å². The van der Waals surface area contributed by atoms with Crippen molar-refractivity contribution in [2.24, 2.45) is 0 Å². The highest BCUT2D eigenvalue weighted by Crippen LogP contribution is 2.30. The minimum Gasteiger partial charge on any atom is -0.434 e. The largest absolute Gasteiger partial charge is 0.434 e. The van der Waals surface area contributed by atoms with E-state index in [4.69, 9.17) is 0 Å². The van der Waals surface area contributed by atoms with E-state index in [-0.39, 0.29) is 5.75 Å². The van der Waals surface area contributed by atoms with Crippen LogP contribution in [0.3, 0.4) is 0 Å². The Balaban J connectivity index is 1.57. The van der Waals surface area contributed by atoms with Crippen LogP contribution in [-0.4, -0.2) is 6.61 Å². The Labute approximate surface area is 126 Å². The first-order valence-corrected chi connectivity index (χ1v) is 7.88. The molecule has 5 heteroatoms. The van der Waals surface area contributed by atoms with Gasteiger partial charge in [-0.1, -0.05) is 18.2 Å². The van der Waals surface area contributed by atoms with E-state index in [0.717, 1.165) is 12.1 Å². The summed E-state index contributed by atoms with van der Waals surface area (Å²) in [6, 6.07) is 9.17. The Morgan fingerprint density at radius 2 is 2.05 bits per heavy atom. The quantitative estimate of drug-likeness (QED) is 0.866. The lowest BCUT2D eigenvalue weighted by molar-refractivity contribution is -0.0505. The van der Waals surface area contributed by atoms with Crippen LogP contribution in [0.1, 0.15) is 27.3 Å². The molecule has 2 nitrogen and oxygen atoms in total. The number of halogens is 2. The first-order chi connectivity index (χ1) is 10.2. The predicted molar refractivity (Wildman–Crippen MR) is 80.0 cm³/mol. The van der Waals surface area contributed by atoms with Crippen LogP contribution in [0, 0.1) is 0 Å². The first-order valence-electron chi connectivity index (χ1n) is 7.06. The van der Waals surface area contributed by atoms with Crippen LogP contribution in [0.25, 0.3) is 0 Å². The molecule has 0 saturated heterocycles. The van der Waals surface area contributed by atoms with Gasteiger partial charge in [-0.2, -0.15) is 8.78 Å². The fourth-order valence-electron chi connectivity index (χ4n) is 2.66. The summed E-state index contributed by atoms with van der Waals surface area (Å²) in [5.41, 5.74) is 2.24. The Bertz CT molecular complexity index is 591. The monoisotopic (exact) mass is 309 g/mol. The standard InChI is InChI=1S/C16H17F2NOS/c17-16(18)20-14-6-2-1-4-12(14)9-19-10-13-8-11-5-3-7-15(11)21-13/h1-2,4,6,8,16,19H,3,5,7,9-10H2. The summed E-state index contributed by atoms with van der Waals surface area (Å²) in [6.45, 7) is -1.50. The number of hydrogen-bond acceptors (Lipinski definition) is 3. The van der Waals surface area contributed by atoms with Gasteiger partial charge in [0.05, 0.1) is 0 Å². The molecule has 0 radical (unpaired) electrons. The van der Waals surface area contributed by atoms with Crippen molar-refractivity contribution >= 4 is 11.3 Å². The molecule has 0 amide bonds. The molecule has 21 heavy (non-hydrogen) atoms. The molecule has 1 N–H and O–H groups in total. The summed E-state index contributed by atoms with van der Waals surface area (Å²) in [7, 11) is 0. The molecule has 1 heterocycles. The first kappa shape index (κ1) is 14.5. The number of ether oxygens (including phenoxy) is 1. The summed E-state index contributed by atoms with van der Waals surface area (Å²) < 4.78 is 29.2. The van der Waals surface area contributed by atoms with Crippen molar-refractivity contribution in [3.63, 3.8) is 0 Å².